The molecule has 0 bridgehead atoms. The molecular formula is C23H24N4S2. The standard InChI is InChI=1S/C23H24N4S2/c1-3-4-13-24-21-20-19(26-23(27-21)28-2)17-15-11-8-12-16(15)18(25-22(17)29-20)14-9-6-5-7-10-14/h5-7,9-10H,3-4,8,11-13H2,1-2H3,(H,24,26,27). The highest BCUT2D eigenvalue weighted by atomic mass is 32.2. The number of hydrogen-bond donors (Lipinski definition) is 1. The van der Waals surface area contributed by atoms with E-state index in [0.29, 0.717) is 0 Å². The van der Waals surface area contributed by atoms with E-state index in [4.69, 9.17) is 15.0 Å². The van der Waals surface area contributed by atoms with Gasteiger partial charge in [-0.25, -0.2) is 15.0 Å². The number of thiophene rings is 1. The largest absolute Gasteiger partial charge is 0.369 e. The number of rotatable bonds is 6. The Hall–Kier alpha value is -2.18. The van der Waals surface area contributed by atoms with E-state index in [-0.39, 0.29) is 0 Å². The van der Waals surface area contributed by atoms with Crippen molar-refractivity contribution >= 4 is 49.3 Å². The summed E-state index contributed by atoms with van der Waals surface area (Å²) in [6.07, 6.45) is 7.74. The maximum atomic E-state index is 5.16. The molecule has 5 rings (SSSR count). The lowest BCUT2D eigenvalue weighted by Gasteiger charge is -2.10. The van der Waals surface area contributed by atoms with Gasteiger partial charge in [-0.3, -0.25) is 0 Å². The van der Waals surface area contributed by atoms with Gasteiger partial charge in [-0.1, -0.05) is 55.4 Å². The summed E-state index contributed by atoms with van der Waals surface area (Å²) in [5, 5.41) is 5.64. The SMILES string of the molecule is CCCCNc1nc(SC)nc2c1sc1nc(-c3ccccc3)c3c(c12)CCC3. The van der Waals surface area contributed by atoms with Crippen molar-refractivity contribution in [2.45, 2.75) is 44.2 Å². The summed E-state index contributed by atoms with van der Waals surface area (Å²) >= 11 is 3.34. The smallest absolute Gasteiger partial charge is 0.189 e. The second-order valence-corrected chi connectivity index (χ2v) is 9.21. The van der Waals surface area contributed by atoms with Crippen LogP contribution in [0.4, 0.5) is 5.82 Å². The Balaban J connectivity index is 1.77. The molecule has 0 saturated carbocycles. The minimum Gasteiger partial charge on any atom is -0.369 e. The Labute approximate surface area is 179 Å². The number of hydrogen-bond acceptors (Lipinski definition) is 6. The van der Waals surface area contributed by atoms with E-state index in [0.717, 1.165) is 57.5 Å². The number of aryl methyl sites for hydroxylation is 1. The molecule has 6 heteroatoms. The first-order valence-electron chi connectivity index (χ1n) is 10.3. The quantitative estimate of drug-likeness (QED) is 0.224. The van der Waals surface area contributed by atoms with Crippen LogP contribution in [-0.4, -0.2) is 27.8 Å². The molecular weight excluding hydrogens is 396 g/mol. The normalized spacial score (nSPS) is 13.3. The fourth-order valence-electron chi connectivity index (χ4n) is 4.18. The number of nitrogens with zero attached hydrogens (tertiary/aromatic N) is 3. The topological polar surface area (TPSA) is 50.7 Å². The van der Waals surface area contributed by atoms with Crippen LogP contribution in [0.2, 0.25) is 0 Å². The number of nitrogens with one attached hydrogen (secondary N) is 1. The van der Waals surface area contributed by atoms with Crippen LogP contribution in [-0.2, 0) is 12.8 Å². The zero-order valence-electron chi connectivity index (χ0n) is 16.8. The fourth-order valence-corrected chi connectivity index (χ4v) is 5.65. The van der Waals surface area contributed by atoms with Crippen LogP contribution in [0.5, 0.6) is 0 Å². The van der Waals surface area contributed by atoms with Crippen LogP contribution in [0.1, 0.15) is 37.3 Å². The molecule has 0 fully saturated rings. The number of aromatic nitrogens is 3. The molecule has 1 aromatic carbocycles. The Morgan fingerprint density at radius 2 is 1.90 bits per heavy atom. The van der Waals surface area contributed by atoms with E-state index >= 15 is 0 Å². The number of unbranched alkanes of at least 4 members (excludes halogenated alkanes) is 1. The van der Waals surface area contributed by atoms with E-state index in [2.05, 4.69) is 42.6 Å². The molecule has 0 amide bonds. The molecule has 1 aliphatic carbocycles. The number of pyridine rings is 1. The number of anilines is 1. The maximum Gasteiger partial charge on any atom is 0.189 e. The van der Waals surface area contributed by atoms with Gasteiger partial charge >= 0.3 is 0 Å². The second kappa shape index (κ2) is 7.92. The van der Waals surface area contributed by atoms with Crippen molar-refractivity contribution in [2.75, 3.05) is 18.1 Å². The van der Waals surface area contributed by atoms with Crippen LogP contribution in [0, 0.1) is 0 Å². The lowest BCUT2D eigenvalue weighted by molar-refractivity contribution is 0.828. The Bertz CT molecular complexity index is 1180. The highest BCUT2D eigenvalue weighted by molar-refractivity contribution is 7.98. The molecule has 29 heavy (non-hydrogen) atoms. The predicted octanol–water partition coefficient (Wildman–Crippen LogP) is 6.33. The van der Waals surface area contributed by atoms with Gasteiger partial charge in [0.2, 0.25) is 0 Å². The molecule has 0 aliphatic heterocycles. The van der Waals surface area contributed by atoms with Gasteiger partial charge in [0.15, 0.2) is 5.16 Å². The Kier molecular flexibility index (Phi) is 5.14. The summed E-state index contributed by atoms with van der Waals surface area (Å²) < 4.78 is 1.14. The van der Waals surface area contributed by atoms with Crippen molar-refractivity contribution in [1.82, 2.24) is 15.0 Å². The molecule has 4 nitrogen and oxygen atoms in total. The summed E-state index contributed by atoms with van der Waals surface area (Å²) in [4.78, 5) is 16.0. The minimum absolute atomic E-state index is 0.829. The molecule has 0 unspecified atom stereocenters. The van der Waals surface area contributed by atoms with Crippen molar-refractivity contribution in [3.05, 3.63) is 41.5 Å². The molecule has 0 atom stereocenters. The number of fused-ring (bicyclic) bond motifs is 5. The van der Waals surface area contributed by atoms with Crippen molar-refractivity contribution in [1.29, 1.82) is 0 Å². The third kappa shape index (κ3) is 3.28. The van der Waals surface area contributed by atoms with E-state index in [1.54, 1.807) is 23.1 Å². The molecule has 0 spiro atoms. The summed E-state index contributed by atoms with van der Waals surface area (Å²) in [6, 6.07) is 10.6. The predicted molar refractivity (Wildman–Crippen MR) is 125 cm³/mol. The summed E-state index contributed by atoms with van der Waals surface area (Å²) in [6.45, 7) is 3.15. The minimum atomic E-state index is 0.829. The van der Waals surface area contributed by atoms with Crippen molar-refractivity contribution < 1.29 is 0 Å². The van der Waals surface area contributed by atoms with E-state index in [9.17, 15) is 0 Å². The van der Waals surface area contributed by atoms with Gasteiger partial charge in [0.05, 0.1) is 15.9 Å². The molecule has 1 N–H and O–H groups in total. The molecule has 1 aliphatic rings. The van der Waals surface area contributed by atoms with Gasteiger partial charge in [-0.05, 0) is 43.1 Å². The van der Waals surface area contributed by atoms with Gasteiger partial charge in [0.25, 0.3) is 0 Å². The highest BCUT2D eigenvalue weighted by Gasteiger charge is 2.25. The van der Waals surface area contributed by atoms with Crippen LogP contribution in [0.25, 0.3) is 31.7 Å². The third-order valence-corrected chi connectivity index (χ3v) is 7.19. The zero-order chi connectivity index (χ0) is 19.8. The van der Waals surface area contributed by atoms with Gasteiger partial charge in [0, 0.05) is 17.5 Å². The highest BCUT2D eigenvalue weighted by Crippen LogP contribution is 2.43. The van der Waals surface area contributed by atoms with Crippen molar-refractivity contribution in [3.8, 4) is 11.3 Å². The van der Waals surface area contributed by atoms with Crippen molar-refractivity contribution in [2.24, 2.45) is 0 Å². The number of thioether (sulfide) groups is 1. The molecule has 0 saturated heterocycles. The molecule has 3 heterocycles. The first kappa shape index (κ1) is 18.8. The Morgan fingerprint density at radius 3 is 2.69 bits per heavy atom. The zero-order valence-corrected chi connectivity index (χ0v) is 18.4. The average molecular weight is 421 g/mol. The maximum absolute atomic E-state index is 5.16. The lowest BCUT2D eigenvalue weighted by Crippen LogP contribution is -2.04. The fraction of sp³-hybridized carbons (Fsp3) is 0.348. The van der Waals surface area contributed by atoms with Gasteiger partial charge in [-0.2, -0.15) is 0 Å². The van der Waals surface area contributed by atoms with Gasteiger partial charge < -0.3 is 5.32 Å². The van der Waals surface area contributed by atoms with E-state index in [1.165, 1.54) is 34.9 Å². The van der Waals surface area contributed by atoms with Gasteiger partial charge in [-0.15, -0.1) is 11.3 Å². The van der Waals surface area contributed by atoms with Crippen LogP contribution < -0.4 is 5.32 Å². The monoisotopic (exact) mass is 420 g/mol. The Morgan fingerprint density at radius 1 is 1.07 bits per heavy atom. The van der Waals surface area contributed by atoms with E-state index < -0.39 is 0 Å². The molecule has 148 valence electrons. The molecule has 4 aromatic rings. The molecule has 0 radical (unpaired) electrons. The van der Waals surface area contributed by atoms with Crippen LogP contribution in [0.15, 0.2) is 35.5 Å². The van der Waals surface area contributed by atoms with Gasteiger partial charge in [0.1, 0.15) is 10.6 Å². The molecule has 3 aromatic heterocycles. The second-order valence-electron chi connectivity index (χ2n) is 7.44. The number of benzene rings is 1. The first-order chi connectivity index (χ1) is 14.3. The average Bonchev–Trinajstić information content (AvgIpc) is 3.38. The lowest BCUT2D eigenvalue weighted by atomic mass is 10.0. The van der Waals surface area contributed by atoms with Crippen molar-refractivity contribution in [3.63, 3.8) is 0 Å². The summed E-state index contributed by atoms with van der Waals surface area (Å²) in [5.74, 6) is 0.962. The van der Waals surface area contributed by atoms with Crippen LogP contribution >= 0.6 is 23.1 Å². The third-order valence-electron chi connectivity index (χ3n) is 5.57. The van der Waals surface area contributed by atoms with E-state index in [1.807, 2.05) is 6.26 Å². The van der Waals surface area contributed by atoms with Crippen LogP contribution in [0.3, 0.4) is 0 Å². The summed E-state index contributed by atoms with van der Waals surface area (Å²) in [7, 11) is 0. The first-order valence-corrected chi connectivity index (χ1v) is 12.3. The summed E-state index contributed by atoms with van der Waals surface area (Å²) in [5.41, 5.74) is 6.30.